The van der Waals surface area contributed by atoms with Gasteiger partial charge in [-0.15, -0.1) is 11.3 Å². The molecule has 4 nitrogen and oxygen atoms in total. The van der Waals surface area contributed by atoms with Gasteiger partial charge in [-0.2, -0.15) is 5.10 Å². The predicted octanol–water partition coefficient (Wildman–Crippen LogP) is 0.600. The van der Waals surface area contributed by atoms with E-state index < -0.39 is 0 Å². The van der Waals surface area contributed by atoms with Crippen molar-refractivity contribution in [2.45, 2.75) is 13.8 Å². The Balaban J connectivity index is 3.09. The fourth-order valence-electron chi connectivity index (χ4n) is 0.988. The lowest BCUT2D eigenvalue weighted by Crippen LogP contribution is -2.20. The third kappa shape index (κ3) is 1.55. The Bertz CT molecular complexity index is 302. The number of hydrogen-bond donors (Lipinski definition) is 2. The number of nitrogens with two attached hydrogens (primary N) is 1. The highest BCUT2D eigenvalue weighted by Crippen LogP contribution is 2.16. The molecule has 12 heavy (non-hydrogen) atoms. The lowest BCUT2D eigenvalue weighted by Gasteiger charge is -1.99. The summed E-state index contributed by atoms with van der Waals surface area (Å²) in [4.78, 5) is 5.28. The fourth-order valence-corrected chi connectivity index (χ4v) is 1.91. The lowest BCUT2D eigenvalue weighted by molar-refractivity contribution is 1.10. The molecule has 1 rings (SSSR count). The SMILES string of the molecule is CN/C(=N\N)c1sc(C)nc1C. The van der Waals surface area contributed by atoms with Crippen LogP contribution in [-0.4, -0.2) is 17.9 Å². The molecule has 0 aliphatic carbocycles. The van der Waals surface area contributed by atoms with Gasteiger partial charge in [0.05, 0.1) is 15.6 Å². The van der Waals surface area contributed by atoms with Crippen molar-refractivity contribution < 1.29 is 0 Å². The lowest BCUT2D eigenvalue weighted by atomic mass is 10.4. The third-order valence-electron chi connectivity index (χ3n) is 1.48. The number of hydrazone groups is 1. The van der Waals surface area contributed by atoms with Gasteiger partial charge in [-0.3, -0.25) is 0 Å². The minimum Gasteiger partial charge on any atom is -0.371 e. The summed E-state index contributed by atoms with van der Waals surface area (Å²) in [6.45, 7) is 3.91. The van der Waals surface area contributed by atoms with Gasteiger partial charge in [-0.05, 0) is 13.8 Å². The van der Waals surface area contributed by atoms with Gasteiger partial charge in [0, 0.05) is 7.05 Å². The van der Waals surface area contributed by atoms with Crippen molar-refractivity contribution in [1.82, 2.24) is 10.3 Å². The molecule has 0 saturated carbocycles. The van der Waals surface area contributed by atoms with Crippen LogP contribution in [0, 0.1) is 13.8 Å². The highest BCUT2D eigenvalue weighted by atomic mass is 32.1. The molecule has 0 fully saturated rings. The number of thiazole rings is 1. The molecular weight excluding hydrogens is 172 g/mol. The first kappa shape index (κ1) is 8.99. The van der Waals surface area contributed by atoms with Crippen LogP contribution < -0.4 is 11.2 Å². The standard InChI is InChI=1S/C7H12N4S/c1-4-6(7(9-3)11-8)12-5(2)10-4/h8H2,1-3H3,(H,9,11). The zero-order valence-electron chi connectivity index (χ0n) is 7.38. The number of nitrogens with one attached hydrogen (secondary N) is 1. The molecule has 0 aliphatic rings. The minimum atomic E-state index is 0.693. The fraction of sp³-hybridized carbons (Fsp3) is 0.429. The van der Waals surface area contributed by atoms with E-state index in [9.17, 15) is 0 Å². The number of hydrogen-bond acceptors (Lipinski definition) is 4. The molecule has 1 aromatic heterocycles. The van der Waals surface area contributed by atoms with Gasteiger partial charge in [0.1, 0.15) is 0 Å². The van der Waals surface area contributed by atoms with Gasteiger partial charge in [-0.1, -0.05) is 0 Å². The van der Waals surface area contributed by atoms with Crippen LogP contribution in [0.3, 0.4) is 0 Å². The second-order valence-corrected chi connectivity index (χ2v) is 3.58. The van der Waals surface area contributed by atoms with Crippen LogP contribution in [0.5, 0.6) is 0 Å². The number of rotatable bonds is 1. The Morgan fingerprint density at radius 1 is 1.58 bits per heavy atom. The van der Waals surface area contributed by atoms with E-state index in [1.807, 2.05) is 13.8 Å². The summed E-state index contributed by atoms with van der Waals surface area (Å²) in [6.07, 6.45) is 0. The van der Waals surface area contributed by atoms with Gasteiger partial charge in [0.15, 0.2) is 5.84 Å². The van der Waals surface area contributed by atoms with Crippen LogP contribution in [0.2, 0.25) is 0 Å². The van der Waals surface area contributed by atoms with Crippen LogP contribution in [0.25, 0.3) is 0 Å². The summed E-state index contributed by atoms with van der Waals surface area (Å²) in [6, 6.07) is 0. The molecule has 0 bridgehead atoms. The van der Waals surface area contributed by atoms with E-state index in [4.69, 9.17) is 5.84 Å². The van der Waals surface area contributed by atoms with E-state index in [0.29, 0.717) is 5.84 Å². The van der Waals surface area contributed by atoms with E-state index >= 15 is 0 Å². The van der Waals surface area contributed by atoms with Crippen LogP contribution in [-0.2, 0) is 0 Å². The van der Waals surface area contributed by atoms with Crippen molar-refractivity contribution >= 4 is 17.2 Å². The topological polar surface area (TPSA) is 63.3 Å². The average Bonchev–Trinajstić information content (AvgIpc) is 2.34. The summed E-state index contributed by atoms with van der Waals surface area (Å²) >= 11 is 1.59. The highest BCUT2D eigenvalue weighted by molar-refractivity contribution is 7.13. The zero-order chi connectivity index (χ0) is 9.14. The summed E-state index contributed by atoms with van der Waals surface area (Å²) in [5.74, 6) is 5.89. The molecule has 0 atom stereocenters. The van der Waals surface area contributed by atoms with E-state index in [1.165, 1.54) is 0 Å². The van der Waals surface area contributed by atoms with Crippen LogP contribution in [0.1, 0.15) is 15.6 Å². The third-order valence-corrected chi connectivity index (χ3v) is 2.56. The normalized spacial score (nSPS) is 11.8. The molecule has 1 aromatic rings. The van der Waals surface area contributed by atoms with Gasteiger partial charge in [0.2, 0.25) is 0 Å². The Labute approximate surface area is 75.5 Å². The monoisotopic (exact) mass is 184 g/mol. The van der Waals surface area contributed by atoms with Crippen molar-refractivity contribution in [3.63, 3.8) is 0 Å². The Morgan fingerprint density at radius 3 is 2.58 bits per heavy atom. The summed E-state index contributed by atoms with van der Waals surface area (Å²) in [7, 11) is 1.79. The highest BCUT2D eigenvalue weighted by Gasteiger charge is 2.09. The Morgan fingerprint density at radius 2 is 2.25 bits per heavy atom. The van der Waals surface area contributed by atoms with Crippen molar-refractivity contribution in [2.24, 2.45) is 10.9 Å². The smallest absolute Gasteiger partial charge is 0.164 e. The molecule has 0 spiro atoms. The van der Waals surface area contributed by atoms with Gasteiger partial charge >= 0.3 is 0 Å². The number of aryl methyl sites for hydroxylation is 2. The van der Waals surface area contributed by atoms with Crippen molar-refractivity contribution in [3.05, 3.63) is 15.6 Å². The average molecular weight is 184 g/mol. The van der Waals surface area contributed by atoms with Crippen LogP contribution >= 0.6 is 11.3 Å². The summed E-state index contributed by atoms with van der Waals surface area (Å²) < 4.78 is 0. The van der Waals surface area contributed by atoms with Gasteiger partial charge < -0.3 is 11.2 Å². The van der Waals surface area contributed by atoms with Gasteiger partial charge in [-0.25, -0.2) is 4.98 Å². The summed E-state index contributed by atoms with van der Waals surface area (Å²) in [5.41, 5.74) is 0.969. The molecule has 0 aliphatic heterocycles. The molecule has 0 radical (unpaired) electrons. The van der Waals surface area contributed by atoms with Crippen molar-refractivity contribution in [3.8, 4) is 0 Å². The van der Waals surface area contributed by atoms with Gasteiger partial charge in [0.25, 0.3) is 0 Å². The maximum atomic E-state index is 5.20. The number of aromatic nitrogens is 1. The maximum Gasteiger partial charge on any atom is 0.164 e. The molecule has 0 unspecified atom stereocenters. The number of amidine groups is 1. The zero-order valence-corrected chi connectivity index (χ0v) is 8.20. The molecule has 0 amide bonds. The first-order chi connectivity index (χ1) is 5.69. The maximum absolute atomic E-state index is 5.20. The Hall–Kier alpha value is -1.10. The first-order valence-electron chi connectivity index (χ1n) is 3.59. The largest absolute Gasteiger partial charge is 0.371 e. The molecule has 5 heteroatoms. The molecule has 0 aromatic carbocycles. The second-order valence-electron chi connectivity index (χ2n) is 2.38. The second kappa shape index (κ2) is 3.53. The molecule has 3 N–H and O–H groups in total. The van der Waals surface area contributed by atoms with E-state index in [-0.39, 0.29) is 0 Å². The van der Waals surface area contributed by atoms with Crippen LogP contribution in [0.4, 0.5) is 0 Å². The van der Waals surface area contributed by atoms with Crippen molar-refractivity contribution in [2.75, 3.05) is 7.05 Å². The van der Waals surface area contributed by atoms with E-state index in [1.54, 1.807) is 18.4 Å². The first-order valence-corrected chi connectivity index (χ1v) is 4.40. The molecule has 1 heterocycles. The predicted molar refractivity (Wildman–Crippen MR) is 51.4 cm³/mol. The van der Waals surface area contributed by atoms with E-state index in [0.717, 1.165) is 15.6 Å². The molecular formula is C7H12N4S. The Kier molecular flexibility index (Phi) is 2.65. The molecule has 0 saturated heterocycles. The van der Waals surface area contributed by atoms with Crippen LogP contribution in [0.15, 0.2) is 5.10 Å². The quantitative estimate of drug-likeness (QED) is 0.291. The molecule has 66 valence electrons. The number of nitrogens with zero attached hydrogens (tertiary/aromatic N) is 2. The summed E-state index contributed by atoms with van der Waals surface area (Å²) in [5, 5.41) is 7.57. The minimum absolute atomic E-state index is 0.693. The van der Waals surface area contributed by atoms with Crippen molar-refractivity contribution in [1.29, 1.82) is 0 Å². The van der Waals surface area contributed by atoms with E-state index in [2.05, 4.69) is 15.4 Å².